The molecule has 0 saturated heterocycles. The molecule has 3 N–H and O–H groups in total. The first-order valence-corrected chi connectivity index (χ1v) is 0.258. The normalized spacial score (nSPS) is 0.857. The van der Waals surface area contributed by atoms with E-state index in [9.17, 15) is 0 Å². The molecule has 0 aromatic carbocycles. The van der Waals surface area contributed by atoms with Gasteiger partial charge in [-0.15, -0.1) is 0 Å². The number of hydrogen-bond acceptors (Lipinski definition) is 2. The summed E-state index contributed by atoms with van der Waals surface area (Å²) >= 11 is 0. The summed E-state index contributed by atoms with van der Waals surface area (Å²) < 4.78 is 0. The summed E-state index contributed by atoms with van der Waals surface area (Å²) in [7, 11) is 0. The first-order chi connectivity index (χ1) is 1.00. The number of rotatable bonds is 0. The van der Waals surface area contributed by atoms with E-state index in [0.29, 0.717) is 0 Å². The van der Waals surface area contributed by atoms with Gasteiger partial charge in [0.2, 0.25) is 0 Å². The Kier molecular flexibility index (Phi) is 1090. The van der Waals surface area contributed by atoms with Crippen molar-refractivity contribution >= 4 is 0 Å². The molecule has 0 amide bonds. The predicted molar refractivity (Wildman–Crippen MR) is 5.97 cm³/mol. The van der Waals surface area contributed by atoms with Gasteiger partial charge in [-0.3, -0.25) is 0 Å². The summed E-state index contributed by atoms with van der Waals surface area (Å²) in [5, 5.41) is 6.50. The molecule has 0 aromatic rings. The van der Waals surface area contributed by atoms with Crippen LogP contribution in [0.15, 0.2) is 0 Å². The van der Waals surface area contributed by atoms with Gasteiger partial charge in [0, 0.05) is 0 Å². The van der Waals surface area contributed by atoms with E-state index in [-0.39, 0.29) is 71.3 Å². The minimum atomic E-state index is 0. The zero-order valence-electron chi connectivity index (χ0n) is 3.04. The van der Waals surface area contributed by atoms with Crippen molar-refractivity contribution in [2.45, 2.75) is 0 Å². The van der Waals surface area contributed by atoms with Gasteiger partial charge >= 0.3 is 21.7 Å². The van der Waals surface area contributed by atoms with Gasteiger partial charge in [0.25, 0.3) is 0 Å². The summed E-state index contributed by atoms with van der Waals surface area (Å²) in [6.07, 6.45) is 0. The average molecular weight is 223 g/mol. The smallest absolute Gasteiger partial charge is 1.00 e. The van der Waals surface area contributed by atoms with Crippen LogP contribution < -0.4 is 55.5 Å². The van der Waals surface area contributed by atoms with Gasteiger partial charge in [0.15, 0.2) is 0 Å². The monoisotopic (exact) mass is 221 g/mol. The van der Waals surface area contributed by atoms with Crippen molar-refractivity contribution in [1.82, 2.24) is 0 Å². The number of nitrogens with two attached hydrogens (primary N) is 1. The van der Waals surface area contributed by atoms with E-state index >= 15 is 0 Å². The van der Waals surface area contributed by atoms with E-state index in [1.165, 1.54) is 0 Å². The van der Waals surface area contributed by atoms with Crippen molar-refractivity contribution in [3.63, 3.8) is 0 Å². The third kappa shape index (κ3) is 81.3. The second-order valence-corrected chi connectivity index (χ2v) is 0. The van der Waals surface area contributed by atoms with E-state index < -0.39 is 0 Å². The molecule has 0 aliphatic heterocycles. The topological polar surface area (TPSA) is 46.2 Å². The molecule has 0 aromatic heterocycles. The van der Waals surface area contributed by atoms with Crippen LogP contribution in [0.4, 0.5) is 0 Å². The van der Waals surface area contributed by atoms with E-state index in [2.05, 4.69) is 5.90 Å². The molecule has 0 bridgehead atoms. The molecular formula is H3Cl4NOTi. The molecule has 0 spiro atoms. The van der Waals surface area contributed by atoms with Crippen LogP contribution in [0.25, 0.3) is 0 Å². The minimum absolute atomic E-state index is 0. The van der Waals surface area contributed by atoms with Crippen LogP contribution in [0.1, 0.15) is 0 Å². The maximum atomic E-state index is 6.50. The number of hydrogen-bond donors (Lipinski definition) is 2. The Morgan fingerprint density at radius 2 is 0.714 bits per heavy atom. The fraction of sp³-hybridized carbons (Fsp3) is 0. The molecule has 0 atom stereocenters. The van der Waals surface area contributed by atoms with Gasteiger partial charge in [0.05, 0.1) is 0 Å². The zero-order chi connectivity index (χ0) is 2.00. The molecule has 0 aliphatic rings. The van der Waals surface area contributed by atoms with Crippen LogP contribution >= 0.6 is 0 Å². The maximum Gasteiger partial charge on any atom is 4.00 e. The van der Waals surface area contributed by atoms with E-state index in [4.69, 9.17) is 5.21 Å². The van der Waals surface area contributed by atoms with Crippen LogP contribution in [-0.4, -0.2) is 5.21 Å². The fourth-order valence-electron chi connectivity index (χ4n) is 0. The molecule has 0 heterocycles. The molecule has 7 heavy (non-hydrogen) atoms. The average Bonchev–Trinajstić information content (AvgIpc) is 1.00. The summed E-state index contributed by atoms with van der Waals surface area (Å²) in [5.41, 5.74) is 0. The van der Waals surface area contributed by atoms with Crippen molar-refractivity contribution in [2.24, 2.45) is 5.90 Å². The van der Waals surface area contributed by atoms with Gasteiger partial charge in [0.1, 0.15) is 0 Å². The summed E-state index contributed by atoms with van der Waals surface area (Å²) in [5.74, 6) is 3.50. The van der Waals surface area contributed by atoms with Gasteiger partial charge < -0.3 is 54.8 Å². The Balaban J connectivity index is -0.000000000500. The zero-order valence-corrected chi connectivity index (χ0v) is 7.62. The standard InChI is InChI=1S/4ClH.H3NO.Ti/c;;;;1-2;/h4*1H;2H,1H2;/q;;;;;+4/p-4. The van der Waals surface area contributed by atoms with E-state index in [1.54, 1.807) is 0 Å². The Morgan fingerprint density at radius 1 is 0.714 bits per heavy atom. The molecule has 0 radical (unpaired) electrons. The maximum absolute atomic E-state index is 6.50. The van der Waals surface area contributed by atoms with Gasteiger partial charge in [-0.25, -0.2) is 5.90 Å². The largest absolute Gasteiger partial charge is 4.00 e. The minimum Gasteiger partial charge on any atom is -1.00 e. The van der Waals surface area contributed by atoms with Crippen LogP contribution in [0, 0.1) is 0 Å². The van der Waals surface area contributed by atoms with Crippen LogP contribution in [0.3, 0.4) is 0 Å². The Bertz CT molecular complexity index is 11.7. The molecular weight excluding hydrogens is 220 g/mol. The molecule has 0 aliphatic carbocycles. The van der Waals surface area contributed by atoms with Crippen molar-refractivity contribution in [3.05, 3.63) is 0 Å². The second-order valence-electron chi connectivity index (χ2n) is 0. The molecule has 0 fully saturated rings. The van der Waals surface area contributed by atoms with Gasteiger partial charge in [-0.2, -0.15) is 0 Å². The molecule has 2 nitrogen and oxygen atoms in total. The van der Waals surface area contributed by atoms with E-state index in [0.717, 1.165) is 0 Å². The Hall–Kier alpha value is 1.79. The van der Waals surface area contributed by atoms with Crippen molar-refractivity contribution < 1.29 is 76.6 Å². The number of halogens is 4. The Labute approximate surface area is 82.1 Å². The van der Waals surface area contributed by atoms with Gasteiger partial charge in [-0.05, 0) is 0 Å². The first kappa shape index (κ1) is 68.4. The van der Waals surface area contributed by atoms with Crippen LogP contribution in [0.5, 0.6) is 0 Å². The molecule has 7 heteroatoms. The summed E-state index contributed by atoms with van der Waals surface area (Å²) in [6.45, 7) is 0. The molecule has 0 rings (SSSR count). The third-order valence-corrected chi connectivity index (χ3v) is 0. The molecule has 0 unspecified atom stereocenters. The van der Waals surface area contributed by atoms with E-state index in [1.807, 2.05) is 0 Å². The second kappa shape index (κ2) is 112. The fourth-order valence-corrected chi connectivity index (χ4v) is 0. The van der Waals surface area contributed by atoms with Crippen molar-refractivity contribution in [1.29, 1.82) is 0 Å². The van der Waals surface area contributed by atoms with Crippen LogP contribution in [0.2, 0.25) is 0 Å². The van der Waals surface area contributed by atoms with Crippen LogP contribution in [-0.2, 0) is 21.7 Å². The van der Waals surface area contributed by atoms with Crippen molar-refractivity contribution in [2.75, 3.05) is 0 Å². The SMILES string of the molecule is NO.[Cl-].[Cl-].[Cl-].[Cl-].[Ti+4]. The predicted octanol–water partition coefficient (Wildman–Crippen LogP) is -12.7. The first-order valence-electron chi connectivity index (χ1n) is 0.258. The molecule has 46 valence electrons. The summed E-state index contributed by atoms with van der Waals surface area (Å²) in [4.78, 5) is 0. The summed E-state index contributed by atoms with van der Waals surface area (Å²) in [6, 6.07) is 0. The Morgan fingerprint density at radius 3 is 0.714 bits per heavy atom. The van der Waals surface area contributed by atoms with Gasteiger partial charge in [-0.1, -0.05) is 0 Å². The quantitative estimate of drug-likeness (QED) is 0.316. The molecule has 0 saturated carbocycles. The van der Waals surface area contributed by atoms with Crippen molar-refractivity contribution in [3.8, 4) is 0 Å². The third-order valence-electron chi connectivity index (χ3n) is 0.